The van der Waals surface area contributed by atoms with E-state index in [0.717, 1.165) is 6.42 Å². The average molecular weight is 191 g/mol. The molecule has 0 atom stereocenters. The lowest BCUT2D eigenvalue weighted by Crippen LogP contribution is -1.82. The van der Waals surface area contributed by atoms with Crippen molar-refractivity contribution in [1.82, 2.24) is 4.98 Å². The Morgan fingerprint density at radius 3 is 2.57 bits per heavy atom. The van der Waals surface area contributed by atoms with Crippen LogP contribution in [0.2, 0.25) is 0 Å². The molecule has 1 aromatic heterocycles. The smallest absolute Gasteiger partial charge is 0.0303 e. The van der Waals surface area contributed by atoms with Gasteiger partial charge in [0.15, 0.2) is 0 Å². The van der Waals surface area contributed by atoms with Crippen LogP contribution in [0.25, 0.3) is 6.08 Å². The van der Waals surface area contributed by atoms with Gasteiger partial charge in [-0.05, 0) is 37.5 Å². The highest BCUT2D eigenvalue weighted by molar-refractivity contribution is 5.54. The Balaban J connectivity index is 0.000000791. The van der Waals surface area contributed by atoms with Crippen molar-refractivity contribution < 1.29 is 0 Å². The van der Waals surface area contributed by atoms with E-state index in [0.29, 0.717) is 0 Å². The third-order valence-electron chi connectivity index (χ3n) is 2.02. The van der Waals surface area contributed by atoms with E-state index in [2.05, 4.69) is 37.9 Å². The van der Waals surface area contributed by atoms with Crippen molar-refractivity contribution in [3.8, 4) is 0 Å². The largest absolute Gasteiger partial charge is 0.264 e. The van der Waals surface area contributed by atoms with Crippen LogP contribution in [0.4, 0.5) is 0 Å². The topological polar surface area (TPSA) is 12.9 Å². The number of hydrogen-bond acceptors (Lipinski definition) is 1. The molecule has 0 saturated carbocycles. The van der Waals surface area contributed by atoms with Gasteiger partial charge in [0.05, 0.1) is 0 Å². The van der Waals surface area contributed by atoms with Crippen LogP contribution in [0, 0.1) is 6.92 Å². The van der Waals surface area contributed by atoms with Crippen LogP contribution in [-0.4, -0.2) is 4.98 Å². The molecular weight excluding hydrogens is 170 g/mol. The summed E-state index contributed by atoms with van der Waals surface area (Å²) < 4.78 is 0. The molecule has 0 radical (unpaired) electrons. The van der Waals surface area contributed by atoms with E-state index in [-0.39, 0.29) is 0 Å². The molecule has 1 heteroatoms. The summed E-state index contributed by atoms with van der Waals surface area (Å²) in [5.74, 6) is 0. The maximum absolute atomic E-state index is 4.05. The highest BCUT2D eigenvalue weighted by Crippen LogP contribution is 2.11. The Bertz CT molecular complexity index is 287. The highest BCUT2D eigenvalue weighted by Gasteiger charge is 1.92. The highest BCUT2D eigenvalue weighted by atomic mass is 14.6. The second-order valence-electron chi connectivity index (χ2n) is 3.08. The summed E-state index contributed by atoms with van der Waals surface area (Å²) in [6.45, 7) is 10.4. The summed E-state index contributed by atoms with van der Waals surface area (Å²) in [5.41, 5.74) is 3.93. The number of rotatable bonds is 2. The first kappa shape index (κ1) is 12.9. The molecule has 0 spiro atoms. The molecule has 14 heavy (non-hydrogen) atoms. The van der Waals surface area contributed by atoms with Gasteiger partial charge < -0.3 is 0 Å². The third-order valence-corrected chi connectivity index (χ3v) is 2.02. The van der Waals surface area contributed by atoms with Gasteiger partial charge in [0.2, 0.25) is 0 Å². The maximum atomic E-state index is 4.05. The van der Waals surface area contributed by atoms with E-state index in [1.54, 1.807) is 0 Å². The van der Waals surface area contributed by atoms with Gasteiger partial charge in [-0.1, -0.05) is 32.4 Å². The summed E-state index contributed by atoms with van der Waals surface area (Å²) in [6.07, 6.45) is 7.06. The van der Waals surface area contributed by atoms with E-state index in [1.165, 1.54) is 16.7 Å². The summed E-state index contributed by atoms with van der Waals surface area (Å²) in [4.78, 5) is 4.05. The molecule has 0 aliphatic heterocycles. The zero-order valence-electron chi connectivity index (χ0n) is 9.96. The normalized spacial score (nSPS) is 10.5. The SMILES string of the molecule is CC.CC/C(C)=C/c1ccncc1C. The van der Waals surface area contributed by atoms with Crippen molar-refractivity contribution in [2.75, 3.05) is 0 Å². The Labute approximate surface area is 87.9 Å². The number of nitrogens with zero attached hydrogens (tertiary/aromatic N) is 1. The predicted octanol–water partition coefficient (Wildman–Crippen LogP) is 4.23. The first-order chi connectivity index (χ1) is 6.74. The molecule has 1 nitrogen and oxygen atoms in total. The van der Waals surface area contributed by atoms with Crippen molar-refractivity contribution in [2.45, 2.75) is 41.0 Å². The van der Waals surface area contributed by atoms with Crippen molar-refractivity contribution in [2.24, 2.45) is 0 Å². The van der Waals surface area contributed by atoms with Crippen LogP contribution in [0.5, 0.6) is 0 Å². The Hall–Kier alpha value is -1.11. The maximum Gasteiger partial charge on any atom is 0.0303 e. The number of aromatic nitrogens is 1. The van der Waals surface area contributed by atoms with Crippen LogP contribution in [0.1, 0.15) is 45.2 Å². The minimum absolute atomic E-state index is 1.11. The van der Waals surface area contributed by atoms with E-state index < -0.39 is 0 Å². The second-order valence-corrected chi connectivity index (χ2v) is 3.08. The summed E-state index contributed by atoms with van der Waals surface area (Å²) >= 11 is 0. The van der Waals surface area contributed by atoms with Gasteiger partial charge in [-0.25, -0.2) is 0 Å². The number of aryl methyl sites for hydroxylation is 1. The molecule has 0 aromatic carbocycles. The molecule has 0 amide bonds. The summed E-state index contributed by atoms with van der Waals surface area (Å²) in [7, 11) is 0. The van der Waals surface area contributed by atoms with Crippen molar-refractivity contribution >= 4 is 6.08 Å². The first-order valence-corrected chi connectivity index (χ1v) is 5.32. The molecule has 1 heterocycles. The van der Waals surface area contributed by atoms with Crippen LogP contribution < -0.4 is 0 Å². The average Bonchev–Trinajstić information content (AvgIpc) is 2.24. The zero-order chi connectivity index (χ0) is 11.0. The van der Waals surface area contributed by atoms with Gasteiger partial charge in [0.1, 0.15) is 0 Å². The van der Waals surface area contributed by atoms with Crippen molar-refractivity contribution in [3.05, 3.63) is 35.2 Å². The van der Waals surface area contributed by atoms with Crippen LogP contribution >= 0.6 is 0 Å². The van der Waals surface area contributed by atoms with Gasteiger partial charge in [0.25, 0.3) is 0 Å². The fraction of sp³-hybridized carbons (Fsp3) is 0.462. The second kappa shape index (κ2) is 7.31. The monoisotopic (exact) mass is 191 g/mol. The quantitative estimate of drug-likeness (QED) is 0.681. The minimum atomic E-state index is 1.11. The summed E-state index contributed by atoms with van der Waals surface area (Å²) in [5, 5.41) is 0. The standard InChI is InChI=1S/C11H15N.C2H6/c1-4-9(2)7-11-5-6-12-8-10(11)3;1-2/h5-8H,4H2,1-3H3;1-2H3/b9-7+;. The van der Waals surface area contributed by atoms with E-state index in [1.807, 2.05) is 26.2 Å². The van der Waals surface area contributed by atoms with Crippen molar-refractivity contribution in [1.29, 1.82) is 0 Å². The molecule has 0 bridgehead atoms. The van der Waals surface area contributed by atoms with Gasteiger partial charge in [-0.3, -0.25) is 4.98 Å². The fourth-order valence-electron chi connectivity index (χ4n) is 1.01. The number of allylic oxidation sites excluding steroid dienone is 1. The van der Waals surface area contributed by atoms with Crippen LogP contribution in [0.15, 0.2) is 24.0 Å². The first-order valence-electron chi connectivity index (χ1n) is 5.32. The van der Waals surface area contributed by atoms with Crippen LogP contribution in [-0.2, 0) is 0 Å². The van der Waals surface area contributed by atoms with Gasteiger partial charge in [-0.2, -0.15) is 0 Å². The van der Waals surface area contributed by atoms with Crippen molar-refractivity contribution in [3.63, 3.8) is 0 Å². The molecule has 0 aliphatic carbocycles. The Morgan fingerprint density at radius 2 is 2.07 bits per heavy atom. The van der Waals surface area contributed by atoms with E-state index in [9.17, 15) is 0 Å². The molecule has 1 rings (SSSR count). The van der Waals surface area contributed by atoms with Gasteiger partial charge in [0, 0.05) is 12.4 Å². The zero-order valence-corrected chi connectivity index (χ0v) is 9.96. The van der Waals surface area contributed by atoms with Gasteiger partial charge >= 0.3 is 0 Å². The lowest BCUT2D eigenvalue weighted by Gasteiger charge is -2.00. The molecular formula is C13H21N. The molecule has 1 aromatic rings. The van der Waals surface area contributed by atoms with E-state index >= 15 is 0 Å². The lowest BCUT2D eigenvalue weighted by atomic mass is 10.1. The van der Waals surface area contributed by atoms with E-state index in [4.69, 9.17) is 0 Å². The lowest BCUT2D eigenvalue weighted by molar-refractivity contribution is 1.11. The Kier molecular flexibility index (Phi) is 6.73. The fourth-order valence-corrected chi connectivity index (χ4v) is 1.01. The summed E-state index contributed by atoms with van der Waals surface area (Å²) in [6, 6.07) is 2.05. The molecule has 0 unspecified atom stereocenters. The molecule has 78 valence electrons. The molecule has 0 fully saturated rings. The number of hydrogen-bond donors (Lipinski definition) is 0. The molecule has 0 saturated heterocycles. The third kappa shape index (κ3) is 4.22. The predicted molar refractivity (Wildman–Crippen MR) is 64.3 cm³/mol. The Morgan fingerprint density at radius 1 is 1.43 bits per heavy atom. The van der Waals surface area contributed by atoms with Gasteiger partial charge in [-0.15, -0.1) is 0 Å². The number of pyridine rings is 1. The van der Waals surface area contributed by atoms with Crippen LogP contribution in [0.3, 0.4) is 0 Å². The minimum Gasteiger partial charge on any atom is -0.264 e. The molecule has 0 N–H and O–H groups in total. The molecule has 0 aliphatic rings.